The normalized spacial score (nSPS) is 11.0. The topological polar surface area (TPSA) is 67.0 Å². The molecule has 0 amide bonds. The Kier molecular flexibility index (Phi) is 5.35. The summed E-state index contributed by atoms with van der Waals surface area (Å²) < 4.78 is 28.3. The van der Waals surface area contributed by atoms with Crippen molar-refractivity contribution in [2.75, 3.05) is 6.61 Å². The molecule has 148 valence electrons. The van der Waals surface area contributed by atoms with Gasteiger partial charge in [0.25, 0.3) is 0 Å². The Balaban J connectivity index is 1.75. The summed E-state index contributed by atoms with van der Waals surface area (Å²) in [5.74, 6) is 0.379. The molecular formula is C21H20FN5O2. The lowest BCUT2D eigenvalue weighted by atomic mass is 10.1. The van der Waals surface area contributed by atoms with Crippen molar-refractivity contribution in [3.63, 3.8) is 0 Å². The Morgan fingerprint density at radius 1 is 1.03 bits per heavy atom. The van der Waals surface area contributed by atoms with E-state index in [0.717, 1.165) is 11.3 Å². The van der Waals surface area contributed by atoms with Gasteiger partial charge in [0.1, 0.15) is 29.7 Å². The van der Waals surface area contributed by atoms with Crippen LogP contribution in [-0.2, 0) is 18.5 Å². The first-order valence-electron chi connectivity index (χ1n) is 9.19. The number of para-hydroxylation sites is 1. The summed E-state index contributed by atoms with van der Waals surface area (Å²) in [6.07, 6.45) is 1.68. The Hall–Kier alpha value is -3.52. The van der Waals surface area contributed by atoms with Gasteiger partial charge in [-0.15, -0.1) is 5.10 Å². The molecular weight excluding hydrogens is 373 g/mol. The van der Waals surface area contributed by atoms with Crippen LogP contribution < -0.4 is 4.74 Å². The summed E-state index contributed by atoms with van der Waals surface area (Å²) in [6, 6.07) is 16.0. The number of hydrogen-bond acceptors (Lipinski definition) is 5. The molecule has 7 nitrogen and oxygen atoms in total. The Morgan fingerprint density at radius 2 is 1.79 bits per heavy atom. The highest BCUT2D eigenvalue weighted by molar-refractivity contribution is 5.76. The zero-order chi connectivity index (χ0) is 20.2. The SMILES string of the molecule is CCOCn1nnc(-c2cnc(Oc3ccccc3)n2C)c1-c1ccc(F)cc1. The minimum atomic E-state index is -0.307. The van der Waals surface area contributed by atoms with Crippen LogP contribution in [0.3, 0.4) is 0 Å². The largest absolute Gasteiger partial charge is 0.426 e. The molecule has 4 rings (SSSR count). The van der Waals surface area contributed by atoms with E-state index >= 15 is 0 Å². The molecule has 0 aliphatic carbocycles. The molecule has 0 saturated carbocycles. The van der Waals surface area contributed by atoms with Gasteiger partial charge in [-0.25, -0.2) is 14.1 Å². The van der Waals surface area contributed by atoms with Crippen molar-refractivity contribution in [1.82, 2.24) is 24.5 Å². The molecule has 0 spiro atoms. The summed E-state index contributed by atoms with van der Waals surface area (Å²) in [5.41, 5.74) is 2.82. The van der Waals surface area contributed by atoms with Crippen molar-refractivity contribution in [2.45, 2.75) is 13.7 Å². The third-order valence-electron chi connectivity index (χ3n) is 4.41. The van der Waals surface area contributed by atoms with Gasteiger partial charge in [0.2, 0.25) is 0 Å². The second kappa shape index (κ2) is 8.24. The number of imidazole rings is 1. The minimum Gasteiger partial charge on any atom is -0.426 e. The van der Waals surface area contributed by atoms with Crippen LogP contribution >= 0.6 is 0 Å². The van der Waals surface area contributed by atoms with E-state index in [-0.39, 0.29) is 12.5 Å². The van der Waals surface area contributed by atoms with Gasteiger partial charge in [0.05, 0.1) is 11.9 Å². The van der Waals surface area contributed by atoms with E-state index < -0.39 is 0 Å². The quantitative estimate of drug-likeness (QED) is 0.469. The lowest BCUT2D eigenvalue weighted by Gasteiger charge is -2.10. The molecule has 0 N–H and O–H groups in total. The smallest absolute Gasteiger partial charge is 0.302 e. The minimum absolute atomic E-state index is 0.238. The van der Waals surface area contributed by atoms with Crippen molar-refractivity contribution in [1.29, 1.82) is 0 Å². The molecule has 0 bridgehead atoms. The molecule has 0 saturated heterocycles. The van der Waals surface area contributed by atoms with E-state index in [4.69, 9.17) is 9.47 Å². The highest BCUT2D eigenvalue weighted by Crippen LogP contribution is 2.32. The second-order valence-corrected chi connectivity index (χ2v) is 6.32. The van der Waals surface area contributed by atoms with E-state index in [2.05, 4.69) is 15.3 Å². The second-order valence-electron chi connectivity index (χ2n) is 6.32. The Morgan fingerprint density at radius 3 is 2.52 bits per heavy atom. The van der Waals surface area contributed by atoms with Gasteiger partial charge in [-0.1, -0.05) is 23.4 Å². The zero-order valence-corrected chi connectivity index (χ0v) is 16.1. The molecule has 0 aliphatic heterocycles. The highest BCUT2D eigenvalue weighted by atomic mass is 19.1. The average Bonchev–Trinajstić information content (AvgIpc) is 3.31. The van der Waals surface area contributed by atoms with Gasteiger partial charge < -0.3 is 9.47 Å². The van der Waals surface area contributed by atoms with Gasteiger partial charge in [-0.2, -0.15) is 0 Å². The summed E-state index contributed by atoms with van der Waals surface area (Å²) in [7, 11) is 1.84. The standard InChI is InChI=1S/C21H20FN5O2/c1-3-28-14-27-20(15-9-11-16(22)12-10-15)19(24-25-27)18-13-23-21(26(18)2)29-17-7-5-4-6-8-17/h4-13H,3,14H2,1-2H3. The first-order chi connectivity index (χ1) is 14.2. The van der Waals surface area contributed by atoms with Gasteiger partial charge in [-0.05, 0) is 43.3 Å². The summed E-state index contributed by atoms with van der Waals surface area (Å²) in [4.78, 5) is 4.38. The number of nitrogens with zero attached hydrogens (tertiary/aromatic N) is 5. The maximum atomic E-state index is 13.4. The summed E-state index contributed by atoms with van der Waals surface area (Å²) in [5, 5.41) is 8.57. The van der Waals surface area contributed by atoms with Crippen LogP contribution in [0.15, 0.2) is 60.8 Å². The number of benzene rings is 2. The van der Waals surface area contributed by atoms with Crippen molar-refractivity contribution >= 4 is 0 Å². The molecule has 2 aromatic carbocycles. The first-order valence-corrected chi connectivity index (χ1v) is 9.19. The van der Waals surface area contributed by atoms with Crippen LogP contribution in [0.4, 0.5) is 4.39 Å². The molecule has 2 heterocycles. The van der Waals surface area contributed by atoms with E-state index in [0.29, 0.717) is 29.8 Å². The highest BCUT2D eigenvalue weighted by Gasteiger charge is 2.21. The molecule has 8 heteroatoms. The average molecular weight is 393 g/mol. The summed E-state index contributed by atoms with van der Waals surface area (Å²) in [6.45, 7) is 2.68. The van der Waals surface area contributed by atoms with Gasteiger partial charge in [0.15, 0.2) is 0 Å². The number of rotatable bonds is 7. The molecule has 0 radical (unpaired) electrons. The number of ether oxygens (including phenoxy) is 2. The van der Waals surface area contributed by atoms with Gasteiger partial charge in [0, 0.05) is 19.2 Å². The van der Waals surface area contributed by atoms with E-state index in [1.165, 1.54) is 12.1 Å². The van der Waals surface area contributed by atoms with Crippen molar-refractivity contribution < 1.29 is 13.9 Å². The van der Waals surface area contributed by atoms with Crippen LogP contribution in [0.1, 0.15) is 6.92 Å². The fourth-order valence-corrected chi connectivity index (χ4v) is 2.95. The zero-order valence-electron chi connectivity index (χ0n) is 16.1. The van der Waals surface area contributed by atoms with E-state index in [1.54, 1.807) is 27.6 Å². The van der Waals surface area contributed by atoms with Crippen molar-refractivity contribution in [3.8, 4) is 34.4 Å². The molecule has 2 aromatic heterocycles. The molecule has 4 aromatic rings. The molecule has 29 heavy (non-hydrogen) atoms. The lowest BCUT2D eigenvalue weighted by Crippen LogP contribution is -2.06. The first kappa shape index (κ1) is 18.8. The van der Waals surface area contributed by atoms with Gasteiger partial charge >= 0.3 is 6.01 Å². The predicted octanol–water partition coefficient (Wildman–Crippen LogP) is 4.27. The molecule has 0 unspecified atom stereocenters. The number of aromatic nitrogens is 5. The summed E-state index contributed by atoms with van der Waals surface area (Å²) >= 11 is 0. The van der Waals surface area contributed by atoms with Crippen molar-refractivity contribution in [2.24, 2.45) is 7.05 Å². The maximum Gasteiger partial charge on any atom is 0.302 e. The Bertz CT molecular complexity index is 1090. The third kappa shape index (κ3) is 3.88. The monoisotopic (exact) mass is 393 g/mol. The lowest BCUT2D eigenvalue weighted by molar-refractivity contribution is 0.0790. The molecule has 0 aliphatic rings. The number of hydrogen-bond donors (Lipinski definition) is 0. The van der Waals surface area contributed by atoms with E-state index in [9.17, 15) is 4.39 Å². The Labute approximate surface area is 167 Å². The van der Waals surface area contributed by atoms with Crippen LogP contribution in [0, 0.1) is 5.82 Å². The van der Waals surface area contributed by atoms with Crippen LogP contribution in [0.25, 0.3) is 22.6 Å². The molecule has 0 atom stereocenters. The fraction of sp³-hybridized carbons (Fsp3) is 0.190. The number of halogens is 1. The fourth-order valence-electron chi connectivity index (χ4n) is 2.95. The van der Waals surface area contributed by atoms with Crippen molar-refractivity contribution in [3.05, 3.63) is 66.6 Å². The predicted molar refractivity (Wildman–Crippen MR) is 106 cm³/mol. The third-order valence-corrected chi connectivity index (χ3v) is 4.41. The van der Waals surface area contributed by atoms with Crippen LogP contribution in [0.5, 0.6) is 11.8 Å². The van der Waals surface area contributed by atoms with Crippen LogP contribution in [0.2, 0.25) is 0 Å². The van der Waals surface area contributed by atoms with E-state index in [1.807, 2.05) is 44.3 Å². The maximum absolute atomic E-state index is 13.4. The van der Waals surface area contributed by atoms with Crippen LogP contribution in [-0.4, -0.2) is 31.2 Å². The molecule has 0 fully saturated rings. The van der Waals surface area contributed by atoms with Gasteiger partial charge in [-0.3, -0.25) is 4.57 Å².